The first-order valence-electron chi connectivity index (χ1n) is 9.54. The van der Waals surface area contributed by atoms with Crippen LogP contribution in [-0.2, 0) is 15.0 Å². The SMILES string of the molecule is C=CC(=O)Oc1ccc(N=NC2C(=O)N(c3ccc(C(C)(C)C)cc3)N=C2C)cc1. The Morgan fingerprint density at radius 1 is 1.13 bits per heavy atom. The Hall–Kier alpha value is -3.61. The fourth-order valence-electron chi connectivity index (χ4n) is 2.84. The minimum absolute atomic E-state index is 0.0308. The van der Waals surface area contributed by atoms with Crippen molar-refractivity contribution in [3.8, 4) is 5.75 Å². The Labute approximate surface area is 175 Å². The predicted octanol–water partition coefficient (Wildman–Crippen LogP) is 4.95. The van der Waals surface area contributed by atoms with Gasteiger partial charge in [0.2, 0.25) is 0 Å². The first kappa shape index (κ1) is 21.1. The highest BCUT2D eigenvalue weighted by Gasteiger charge is 2.34. The summed E-state index contributed by atoms with van der Waals surface area (Å²) in [5, 5.41) is 14.0. The Morgan fingerprint density at radius 3 is 2.33 bits per heavy atom. The maximum absolute atomic E-state index is 12.8. The summed E-state index contributed by atoms with van der Waals surface area (Å²) >= 11 is 0. The molecule has 1 unspecified atom stereocenters. The molecule has 7 heteroatoms. The van der Waals surface area contributed by atoms with Crippen LogP contribution in [0.3, 0.4) is 0 Å². The van der Waals surface area contributed by atoms with E-state index in [1.165, 1.54) is 10.6 Å². The third-order valence-corrected chi connectivity index (χ3v) is 4.58. The Balaban J connectivity index is 1.71. The quantitative estimate of drug-likeness (QED) is 0.306. The Morgan fingerprint density at radius 2 is 1.77 bits per heavy atom. The summed E-state index contributed by atoms with van der Waals surface area (Å²) < 4.78 is 5.01. The highest BCUT2D eigenvalue weighted by molar-refractivity contribution is 6.18. The van der Waals surface area contributed by atoms with Crippen LogP contribution >= 0.6 is 0 Å². The van der Waals surface area contributed by atoms with Gasteiger partial charge in [0.15, 0.2) is 6.04 Å². The standard InChI is InChI=1S/C23H24N4O3/c1-6-20(28)30-19-13-9-17(10-14-19)24-25-21-15(2)26-27(22(21)29)18-11-7-16(8-12-18)23(3,4)5/h6-14,21H,1H2,2-5H3. The lowest BCUT2D eigenvalue weighted by Crippen LogP contribution is -2.29. The van der Waals surface area contributed by atoms with Gasteiger partial charge in [-0.2, -0.15) is 20.3 Å². The lowest BCUT2D eigenvalue weighted by molar-refractivity contribution is -0.129. The van der Waals surface area contributed by atoms with E-state index in [1.807, 2.05) is 24.3 Å². The zero-order chi connectivity index (χ0) is 21.9. The average Bonchev–Trinajstić information content (AvgIpc) is 3.00. The van der Waals surface area contributed by atoms with E-state index in [2.05, 4.69) is 42.7 Å². The number of nitrogens with zero attached hydrogens (tertiary/aromatic N) is 4. The lowest BCUT2D eigenvalue weighted by Gasteiger charge is -2.20. The number of ether oxygens (including phenoxy) is 1. The summed E-state index contributed by atoms with van der Waals surface area (Å²) in [7, 11) is 0. The molecular formula is C23H24N4O3. The van der Waals surface area contributed by atoms with Gasteiger partial charge in [0, 0.05) is 6.08 Å². The molecule has 1 atom stereocenters. The van der Waals surface area contributed by atoms with Crippen LogP contribution in [0.2, 0.25) is 0 Å². The maximum Gasteiger partial charge on any atom is 0.335 e. The number of rotatable bonds is 5. The molecule has 0 fully saturated rings. The van der Waals surface area contributed by atoms with Crippen LogP contribution < -0.4 is 9.75 Å². The maximum atomic E-state index is 12.8. The molecule has 154 valence electrons. The molecule has 0 bridgehead atoms. The van der Waals surface area contributed by atoms with Gasteiger partial charge in [-0.15, -0.1) is 0 Å². The molecule has 2 aromatic carbocycles. The fourth-order valence-corrected chi connectivity index (χ4v) is 2.84. The molecule has 1 heterocycles. The van der Waals surface area contributed by atoms with Gasteiger partial charge in [-0.3, -0.25) is 4.79 Å². The highest BCUT2D eigenvalue weighted by Crippen LogP contribution is 2.28. The minimum Gasteiger partial charge on any atom is -0.423 e. The first-order chi connectivity index (χ1) is 14.2. The van der Waals surface area contributed by atoms with Crippen molar-refractivity contribution in [2.24, 2.45) is 15.3 Å². The summed E-state index contributed by atoms with van der Waals surface area (Å²) in [6.07, 6.45) is 1.09. The molecule has 2 aromatic rings. The Bertz CT molecular complexity index is 1020. The van der Waals surface area contributed by atoms with Crippen LogP contribution in [0.5, 0.6) is 5.75 Å². The van der Waals surface area contributed by atoms with E-state index < -0.39 is 12.0 Å². The van der Waals surface area contributed by atoms with Gasteiger partial charge < -0.3 is 4.74 Å². The zero-order valence-electron chi connectivity index (χ0n) is 17.5. The number of carbonyl (C=O) groups excluding carboxylic acids is 2. The number of hydrogen-bond acceptors (Lipinski definition) is 6. The van der Waals surface area contributed by atoms with Crippen molar-refractivity contribution < 1.29 is 14.3 Å². The number of esters is 1. The van der Waals surface area contributed by atoms with E-state index in [9.17, 15) is 9.59 Å². The molecule has 0 N–H and O–H groups in total. The number of hydrazone groups is 1. The molecular weight excluding hydrogens is 380 g/mol. The van der Waals surface area contributed by atoms with Crippen LogP contribution in [0.4, 0.5) is 11.4 Å². The molecule has 0 radical (unpaired) electrons. The second-order valence-electron chi connectivity index (χ2n) is 7.93. The van der Waals surface area contributed by atoms with Crippen molar-refractivity contribution in [3.63, 3.8) is 0 Å². The highest BCUT2D eigenvalue weighted by atomic mass is 16.5. The van der Waals surface area contributed by atoms with E-state index in [0.29, 0.717) is 22.8 Å². The molecule has 7 nitrogen and oxygen atoms in total. The van der Waals surface area contributed by atoms with Gasteiger partial charge in [0.05, 0.1) is 17.1 Å². The third kappa shape index (κ3) is 4.68. The predicted molar refractivity (Wildman–Crippen MR) is 116 cm³/mol. The molecule has 1 aliphatic heterocycles. The second-order valence-corrected chi connectivity index (χ2v) is 7.93. The zero-order valence-corrected chi connectivity index (χ0v) is 17.5. The molecule has 0 aromatic heterocycles. The van der Waals surface area contributed by atoms with Crippen LogP contribution in [0.25, 0.3) is 0 Å². The van der Waals surface area contributed by atoms with Gasteiger partial charge in [0.1, 0.15) is 5.75 Å². The van der Waals surface area contributed by atoms with Crippen LogP contribution in [0.1, 0.15) is 33.3 Å². The molecule has 0 aliphatic carbocycles. The lowest BCUT2D eigenvalue weighted by atomic mass is 9.87. The van der Waals surface area contributed by atoms with Gasteiger partial charge >= 0.3 is 5.97 Å². The van der Waals surface area contributed by atoms with Gasteiger partial charge in [-0.1, -0.05) is 39.5 Å². The molecule has 30 heavy (non-hydrogen) atoms. The number of hydrogen-bond donors (Lipinski definition) is 0. The van der Waals surface area contributed by atoms with Crippen molar-refractivity contribution in [1.29, 1.82) is 0 Å². The van der Waals surface area contributed by atoms with Crippen molar-refractivity contribution in [1.82, 2.24) is 0 Å². The topological polar surface area (TPSA) is 83.7 Å². The van der Waals surface area contributed by atoms with E-state index >= 15 is 0 Å². The van der Waals surface area contributed by atoms with Crippen molar-refractivity contribution in [3.05, 3.63) is 66.7 Å². The smallest absolute Gasteiger partial charge is 0.335 e. The molecule has 0 saturated heterocycles. The van der Waals surface area contributed by atoms with Crippen LogP contribution in [0, 0.1) is 0 Å². The summed E-state index contributed by atoms with van der Waals surface area (Å²) in [5.74, 6) is -0.418. The second kappa shape index (κ2) is 8.41. The molecule has 3 rings (SSSR count). The van der Waals surface area contributed by atoms with E-state index in [-0.39, 0.29) is 11.3 Å². The largest absolute Gasteiger partial charge is 0.423 e. The third-order valence-electron chi connectivity index (χ3n) is 4.58. The number of benzene rings is 2. The molecule has 0 spiro atoms. The van der Waals surface area contributed by atoms with Crippen molar-refractivity contribution in [2.45, 2.75) is 39.2 Å². The Kier molecular flexibility index (Phi) is 5.91. The average molecular weight is 404 g/mol. The number of amides is 1. The van der Waals surface area contributed by atoms with Gasteiger partial charge in [-0.05, 0) is 54.3 Å². The summed E-state index contributed by atoms with van der Waals surface area (Å²) in [4.78, 5) is 24.0. The van der Waals surface area contributed by atoms with E-state index in [0.717, 1.165) is 6.08 Å². The molecule has 1 amide bonds. The van der Waals surface area contributed by atoms with Crippen molar-refractivity contribution in [2.75, 3.05) is 5.01 Å². The summed E-state index contributed by atoms with van der Waals surface area (Å²) in [6.45, 7) is 11.5. The summed E-state index contributed by atoms with van der Waals surface area (Å²) in [5.41, 5.74) is 3.00. The fraction of sp³-hybridized carbons (Fsp3) is 0.261. The number of anilines is 1. The number of carbonyl (C=O) groups is 2. The van der Waals surface area contributed by atoms with E-state index in [4.69, 9.17) is 4.74 Å². The van der Waals surface area contributed by atoms with E-state index in [1.54, 1.807) is 31.2 Å². The number of azo groups is 1. The monoisotopic (exact) mass is 404 g/mol. The molecule has 1 aliphatic rings. The van der Waals surface area contributed by atoms with Crippen LogP contribution in [0.15, 0.2) is 76.5 Å². The molecule has 0 saturated carbocycles. The first-order valence-corrected chi connectivity index (χ1v) is 9.54. The normalized spacial score (nSPS) is 16.7. The van der Waals surface area contributed by atoms with Gasteiger partial charge in [0.25, 0.3) is 5.91 Å². The van der Waals surface area contributed by atoms with Gasteiger partial charge in [-0.25, -0.2) is 4.79 Å². The van der Waals surface area contributed by atoms with Crippen LogP contribution in [-0.4, -0.2) is 23.6 Å². The summed E-state index contributed by atoms with van der Waals surface area (Å²) in [6, 6.07) is 13.5. The minimum atomic E-state index is -0.773. The van der Waals surface area contributed by atoms with Crippen molar-refractivity contribution >= 4 is 29.0 Å².